The van der Waals surface area contributed by atoms with Crippen molar-refractivity contribution in [3.05, 3.63) is 34.2 Å². The van der Waals surface area contributed by atoms with Crippen molar-refractivity contribution in [2.75, 3.05) is 6.61 Å². The minimum absolute atomic E-state index is 0.0535. The molecule has 1 aliphatic heterocycles. The fourth-order valence-electron chi connectivity index (χ4n) is 2.59. The van der Waals surface area contributed by atoms with Crippen LogP contribution >= 0.6 is 0 Å². The zero-order valence-electron chi connectivity index (χ0n) is 15.0. The number of esters is 1. The molecule has 0 bridgehead atoms. The van der Waals surface area contributed by atoms with E-state index in [4.69, 9.17) is 14.0 Å². The van der Waals surface area contributed by atoms with E-state index in [1.165, 1.54) is 6.20 Å². The summed E-state index contributed by atoms with van der Waals surface area (Å²) in [6.45, 7) is 9.69. The first-order chi connectivity index (χ1) is 11.7. The molecule has 3 heterocycles. The first kappa shape index (κ1) is 17.6. The molecule has 0 atom stereocenters. The number of hydrogen-bond acceptors (Lipinski definition) is 6. The quantitative estimate of drug-likeness (QED) is 0.669. The van der Waals surface area contributed by atoms with Crippen LogP contribution < -0.4 is 10.9 Å². The first-order valence-electron chi connectivity index (χ1n) is 8.20. The highest BCUT2D eigenvalue weighted by Crippen LogP contribution is 2.36. The molecule has 1 N–H and O–H groups in total. The lowest BCUT2D eigenvalue weighted by molar-refractivity contribution is 0.00578. The number of nitrogens with one attached hydrogen (secondary N) is 1. The van der Waals surface area contributed by atoms with Crippen LogP contribution in [0.4, 0.5) is 0 Å². The van der Waals surface area contributed by atoms with Gasteiger partial charge < -0.3 is 19.0 Å². The largest absolute Gasteiger partial charge is 0.496 e. The third-order valence-corrected chi connectivity index (χ3v) is 4.77. The van der Waals surface area contributed by atoms with Crippen molar-refractivity contribution in [3.8, 4) is 0 Å². The van der Waals surface area contributed by atoms with Crippen molar-refractivity contribution in [2.45, 2.75) is 45.8 Å². The minimum atomic E-state index is -0.660. The van der Waals surface area contributed by atoms with Crippen molar-refractivity contribution in [3.63, 3.8) is 0 Å². The standard InChI is InChI=1S/C17H21BN2O5/c1-6-23-15(22)12-9-20-14-11(13(12)21)7-10(8-19-14)18-24-16(2,3)17(4,5)25-18/h7-9H,6H2,1-5H3,(H,19,20,21). The molecule has 0 aliphatic carbocycles. The van der Waals surface area contributed by atoms with Gasteiger partial charge in [0.1, 0.15) is 11.2 Å². The maximum atomic E-state index is 12.6. The maximum absolute atomic E-state index is 12.6. The Hall–Kier alpha value is -2.19. The van der Waals surface area contributed by atoms with E-state index in [1.807, 2.05) is 27.7 Å². The van der Waals surface area contributed by atoms with Crippen LogP contribution in [0.3, 0.4) is 0 Å². The normalized spacial score (nSPS) is 18.5. The van der Waals surface area contributed by atoms with E-state index < -0.39 is 29.7 Å². The van der Waals surface area contributed by atoms with Crippen molar-refractivity contribution in [1.82, 2.24) is 9.97 Å². The Bertz CT molecular complexity index is 874. The molecule has 0 spiro atoms. The van der Waals surface area contributed by atoms with E-state index in [0.717, 1.165) is 0 Å². The summed E-state index contributed by atoms with van der Waals surface area (Å²) >= 11 is 0. The molecule has 2 aromatic heterocycles. The number of carbonyl (C=O) groups excluding carboxylic acids is 1. The van der Waals surface area contributed by atoms with Gasteiger partial charge in [-0.25, -0.2) is 9.78 Å². The predicted molar refractivity (Wildman–Crippen MR) is 94.0 cm³/mol. The summed E-state index contributed by atoms with van der Waals surface area (Å²) in [7, 11) is -0.632. The summed E-state index contributed by atoms with van der Waals surface area (Å²) in [6, 6.07) is 1.64. The third-order valence-electron chi connectivity index (χ3n) is 4.77. The molecule has 132 valence electrons. The zero-order chi connectivity index (χ0) is 18.4. The Labute approximate surface area is 145 Å². The van der Waals surface area contributed by atoms with Crippen molar-refractivity contribution in [2.24, 2.45) is 0 Å². The fourth-order valence-corrected chi connectivity index (χ4v) is 2.59. The predicted octanol–water partition coefficient (Wildman–Crippen LogP) is 1.40. The number of H-pyrrole nitrogens is 1. The Balaban J connectivity index is 2.04. The number of hydrogen-bond donors (Lipinski definition) is 1. The molecule has 25 heavy (non-hydrogen) atoms. The topological polar surface area (TPSA) is 90.5 Å². The second-order valence-electron chi connectivity index (χ2n) is 7.01. The summed E-state index contributed by atoms with van der Waals surface area (Å²) in [6.07, 6.45) is 2.93. The van der Waals surface area contributed by atoms with Gasteiger partial charge >= 0.3 is 13.1 Å². The number of rotatable bonds is 3. The number of aromatic amines is 1. The summed E-state index contributed by atoms with van der Waals surface area (Å²) < 4.78 is 16.9. The van der Waals surface area contributed by atoms with Crippen LogP contribution in [-0.2, 0) is 14.0 Å². The average molecular weight is 344 g/mol. The number of aromatic nitrogens is 2. The molecule has 0 radical (unpaired) electrons. The lowest BCUT2D eigenvalue weighted by atomic mass is 9.80. The molecule has 0 aromatic carbocycles. The monoisotopic (exact) mass is 344 g/mol. The lowest BCUT2D eigenvalue weighted by Gasteiger charge is -2.32. The summed E-state index contributed by atoms with van der Waals surface area (Å²) in [4.78, 5) is 31.6. The van der Waals surface area contributed by atoms with Gasteiger partial charge in [0, 0.05) is 17.9 Å². The molecule has 1 aliphatic rings. The number of nitrogens with zero attached hydrogens (tertiary/aromatic N) is 1. The Morgan fingerprint density at radius 3 is 2.52 bits per heavy atom. The van der Waals surface area contributed by atoms with Gasteiger partial charge in [0.05, 0.1) is 23.2 Å². The van der Waals surface area contributed by atoms with Crippen LogP contribution in [0.15, 0.2) is 23.3 Å². The Morgan fingerprint density at radius 2 is 1.92 bits per heavy atom. The molecule has 0 saturated carbocycles. The highest BCUT2D eigenvalue weighted by atomic mass is 16.7. The highest BCUT2D eigenvalue weighted by Gasteiger charge is 2.51. The van der Waals surface area contributed by atoms with Gasteiger partial charge in [0.2, 0.25) is 5.43 Å². The van der Waals surface area contributed by atoms with Crippen molar-refractivity contribution in [1.29, 1.82) is 0 Å². The van der Waals surface area contributed by atoms with Crippen LogP contribution in [0.5, 0.6) is 0 Å². The molecule has 3 rings (SSSR count). The lowest BCUT2D eigenvalue weighted by Crippen LogP contribution is -2.41. The molecule has 0 unspecified atom stereocenters. The molecule has 2 aromatic rings. The third kappa shape index (κ3) is 2.96. The molecule has 0 amide bonds. The van der Waals surface area contributed by atoms with Crippen LogP contribution in [0.2, 0.25) is 0 Å². The minimum Gasteiger partial charge on any atom is -0.462 e. The van der Waals surface area contributed by atoms with Crippen molar-refractivity contribution >= 4 is 29.6 Å². The van der Waals surface area contributed by atoms with Gasteiger partial charge in [-0.05, 0) is 40.7 Å². The molecular formula is C17H21BN2O5. The van der Waals surface area contributed by atoms with Crippen LogP contribution in [0.25, 0.3) is 11.0 Å². The molecule has 7 nitrogen and oxygen atoms in total. The van der Waals surface area contributed by atoms with E-state index in [2.05, 4.69) is 9.97 Å². The first-order valence-corrected chi connectivity index (χ1v) is 8.20. The van der Waals surface area contributed by atoms with Crippen LogP contribution in [-0.4, -0.2) is 40.9 Å². The molecule has 1 saturated heterocycles. The van der Waals surface area contributed by atoms with Crippen LogP contribution in [0.1, 0.15) is 45.0 Å². The Kier molecular flexibility index (Phi) is 4.21. The van der Waals surface area contributed by atoms with Gasteiger partial charge in [0.15, 0.2) is 0 Å². The highest BCUT2D eigenvalue weighted by molar-refractivity contribution is 6.62. The van der Waals surface area contributed by atoms with E-state index in [0.29, 0.717) is 11.1 Å². The number of fused-ring (bicyclic) bond motifs is 1. The van der Waals surface area contributed by atoms with Gasteiger partial charge in [0.25, 0.3) is 0 Å². The van der Waals surface area contributed by atoms with Gasteiger partial charge in [-0.1, -0.05) is 0 Å². The molecular weight excluding hydrogens is 323 g/mol. The summed E-state index contributed by atoms with van der Waals surface area (Å²) in [5.74, 6) is -0.660. The number of ether oxygens (including phenoxy) is 1. The van der Waals surface area contributed by atoms with Gasteiger partial charge in [-0.3, -0.25) is 4.79 Å². The Morgan fingerprint density at radius 1 is 1.28 bits per heavy atom. The fraction of sp³-hybridized carbons (Fsp3) is 0.471. The second kappa shape index (κ2) is 5.96. The maximum Gasteiger partial charge on any atom is 0.496 e. The smallest absolute Gasteiger partial charge is 0.462 e. The molecule has 8 heteroatoms. The second-order valence-corrected chi connectivity index (χ2v) is 7.01. The summed E-state index contributed by atoms with van der Waals surface area (Å²) in [5.41, 5.74) is -0.464. The van der Waals surface area contributed by atoms with Gasteiger partial charge in [-0.2, -0.15) is 0 Å². The average Bonchev–Trinajstić information content (AvgIpc) is 2.76. The van der Waals surface area contributed by atoms with Gasteiger partial charge in [-0.15, -0.1) is 0 Å². The van der Waals surface area contributed by atoms with E-state index in [9.17, 15) is 9.59 Å². The van der Waals surface area contributed by atoms with Crippen molar-refractivity contribution < 1.29 is 18.8 Å². The van der Waals surface area contributed by atoms with E-state index >= 15 is 0 Å². The van der Waals surface area contributed by atoms with E-state index in [-0.39, 0.29) is 17.6 Å². The zero-order valence-corrected chi connectivity index (χ0v) is 15.0. The number of pyridine rings is 2. The number of carbonyl (C=O) groups is 1. The summed E-state index contributed by atoms with van der Waals surface area (Å²) in [5, 5.41) is 0.290. The SMILES string of the molecule is CCOC(=O)c1c[nH]c2ncc(B3OC(C)(C)C(C)(C)O3)cc2c1=O. The molecule has 1 fully saturated rings. The van der Waals surface area contributed by atoms with E-state index in [1.54, 1.807) is 19.2 Å². The van der Waals surface area contributed by atoms with Crippen LogP contribution in [0, 0.1) is 0 Å².